The van der Waals surface area contributed by atoms with Crippen LogP contribution >= 0.6 is 0 Å². The average molecular weight is 781 g/mol. The topological polar surface area (TPSA) is 175 Å². The van der Waals surface area contributed by atoms with Crippen molar-refractivity contribution >= 4 is 41.4 Å². The zero-order valence-corrected chi connectivity index (χ0v) is 32.5. The number of likely N-dealkylation sites (N-methyl/N-ethyl adjacent to an activating group) is 1. The van der Waals surface area contributed by atoms with Gasteiger partial charge < -0.3 is 35.4 Å². The van der Waals surface area contributed by atoms with E-state index in [9.17, 15) is 42.3 Å². The van der Waals surface area contributed by atoms with Gasteiger partial charge in [-0.2, -0.15) is 0 Å². The molecule has 3 fully saturated rings. The average Bonchev–Trinajstić information content (AvgIpc) is 3.79. The maximum absolute atomic E-state index is 14.5. The van der Waals surface area contributed by atoms with Crippen LogP contribution in [0.3, 0.4) is 0 Å². The first-order chi connectivity index (χ1) is 26.4. The predicted octanol–water partition coefficient (Wildman–Crippen LogP) is 1.55. The fraction of sp³-hybridized carbons (Fsp3) is 0.525. The van der Waals surface area contributed by atoms with Crippen molar-refractivity contribution in [2.45, 2.75) is 109 Å². The van der Waals surface area contributed by atoms with E-state index in [2.05, 4.69) is 16.0 Å². The lowest BCUT2D eigenvalue weighted by atomic mass is 10.0. The van der Waals surface area contributed by atoms with Crippen LogP contribution in [0.4, 0.5) is 8.78 Å². The third-order valence-corrected chi connectivity index (χ3v) is 10.8. The van der Waals surface area contributed by atoms with E-state index in [-0.39, 0.29) is 50.3 Å². The minimum Gasteiger partial charge on any atom is -0.458 e. The van der Waals surface area contributed by atoms with E-state index in [0.29, 0.717) is 18.1 Å². The lowest BCUT2D eigenvalue weighted by Gasteiger charge is -2.36. The Morgan fingerprint density at radius 1 is 0.893 bits per heavy atom. The van der Waals surface area contributed by atoms with Gasteiger partial charge in [-0.25, -0.2) is 13.6 Å². The largest absolute Gasteiger partial charge is 0.458 e. The number of aryl methyl sites for hydroxylation is 1. The number of fused-ring (bicyclic) bond motifs is 2. The van der Waals surface area contributed by atoms with Gasteiger partial charge in [-0.05, 0) is 76.1 Å². The van der Waals surface area contributed by atoms with E-state index in [1.807, 2.05) is 26.0 Å². The number of amides is 6. The van der Waals surface area contributed by atoms with Crippen molar-refractivity contribution in [2.24, 2.45) is 5.92 Å². The Bertz CT molecular complexity index is 1840. The Morgan fingerprint density at radius 2 is 1.55 bits per heavy atom. The number of nitrogens with one attached hydrogen (secondary N) is 3. The van der Waals surface area contributed by atoms with Crippen LogP contribution in [-0.2, 0) is 51.1 Å². The van der Waals surface area contributed by atoms with Gasteiger partial charge in [-0.15, -0.1) is 0 Å². The monoisotopic (exact) mass is 780 g/mol. The molecule has 302 valence electrons. The third-order valence-electron chi connectivity index (χ3n) is 10.8. The molecule has 6 amide bonds. The van der Waals surface area contributed by atoms with Gasteiger partial charge in [0.25, 0.3) is 0 Å². The fourth-order valence-corrected chi connectivity index (χ4v) is 7.50. The Kier molecular flexibility index (Phi) is 13.1. The summed E-state index contributed by atoms with van der Waals surface area (Å²) in [4.78, 5) is 100. The highest BCUT2D eigenvalue weighted by atomic mass is 19.1. The summed E-state index contributed by atoms with van der Waals surface area (Å²) in [5.41, 5.74) is 1.66. The molecule has 0 aromatic heterocycles. The van der Waals surface area contributed by atoms with Gasteiger partial charge >= 0.3 is 5.97 Å². The molecule has 3 heterocycles. The minimum absolute atomic E-state index is 0.0443. The molecule has 3 N–H and O–H groups in total. The van der Waals surface area contributed by atoms with Crippen LogP contribution in [0.5, 0.6) is 0 Å². The van der Waals surface area contributed by atoms with E-state index in [0.717, 1.165) is 17.7 Å². The van der Waals surface area contributed by atoms with Gasteiger partial charge in [0, 0.05) is 32.6 Å². The normalized spacial score (nSPS) is 27.0. The Balaban J connectivity index is 1.49. The first-order valence-corrected chi connectivity index (χ1v) is 18.9. The van der Waals surface area contributed by atoms with Gasteiger partial charge in [0.05, 0.1) is 6.42 Å². The second-order valence-corrected chi connectivity index (χ2v) is 15.3. The van der Waals surface area contributed by atoms with E-state index in [1.54, 1.807) is 12.1 Å². The number of benzene rings is 2. The van der Waals surface area contributed by atoms with E-state index < -0.39 is 95.4 Å². The molecule has 2 aromatic carbocycles. The minimum atomic E-state index is -1.61. The van der Waals surface area contributed by atoms with E-state index >= 15 is 0 Å². The quantitative estimate of drug-likeness (QED) is 0.355. The molecule has 2 unspecified atom stereocenters. The van der Waals surface area contributed by atoms with Gasteiger partial charge in [0.2, 0.25) is 35.4 Å². The van der Waals surface area contributed by atoms with Crippen molar-refractivity contribution < 1.29 is 47.1 Å². The standard InChI is InChI=1S/C40H50F2N6O8/c1-21-9-11-26(12-10-21)18-33(49)44-30(17-27-15-28(41)19-29(42)16-27)36(51)45-34-25(5)56-40(55)32-14-22(2)20-48(32)37(52)23(3)43-35(50)24(4)46(6)38(53)31-8-7-13-47(31)39(34)54/h9-12,15-16,19,22-25,30-32,34H,7-8,13-14,17-18,20H2,1-6H3,(H,43,50)(H,44,49)(H,45,51)/t22-,23-,24-,25-,30-,31?,32?,34-/m0/s1. The maximum Gasteiger partial charge on any atom is 0.329 e. The lowest BCUT2D eigenvalue weighted by Crippen LogP contribution is -2.62. The van der Waals surface area contributed by atoms with Gasteiger partial charge in [-0.3, -0.25) is 28.8 Å². The molecule has 3 aliphatic heterocycles. The van der Waals surface area contributed by atoms with E-state index in [1.165, 1.54) is 42.5 Å². The summed E-state index contributed by atoms with van der Waals surface area (Å²) >= 11 is 0. The lowest BCUT2D eigenvalue weighted by molar-refractivity contribution is -0.162. The van der Waals surface area contributed by atoms with Gasteiger partial charge in [-0.1, -0.05) is 36.8 Å². The molecule has 3 aliphatic rings. The summed E-state index contributed by atoms with van der Waals surface area (Å²) in [7, 11) is 1.42. The van der Waals surface area contributed by atoms with Crippen LogP contribution in [0.1, 0.15) is 63.6 Å². The molecule has 8 atom stereocenters. The van der Waals surface area contributed by atoms with Crippen LogP contribution < -0.4 is 16.0 Å². The molecule has 16 heteroatoms. The molecular formula is C40H50F2N6O8. The van der Waals surface area contributed by atoms with Crippen LogP contribution in [0.25, 0.3) is 0 Å². The number of rotatable bonds is 7. The SMILES string of the molecule is Cc1ccc(CC(=O)N[C@@H](Cc2cc(F)cc(F)c2)C(=O)N[C@@H]2C(=O)N3CCCC3C(=O)N(C)[C@@H](C)C(=O)N[C@@H](C)C(=O)N3C[C@@H](C)CC3C(=O)O[C@H]2C)cc1. The number of hydrogen-bond donors (Lipinski definition) is 3. The first-order valence-electron chi connectivity index (χ1n) is 18.9. The van der Waals surface area contributed by atoms with Crippen molar-refractivity contribution in [3.63, 3.8) is 0 Å². The molecule has 0 aliphatic carbocycles. The Morgan fingerprint density at radius 3 is 2.21 bits per heavy atom. The zero-order valence-electron chi connectivity index (χ0n) is 32.5. The summed E-state index contributed by atoms with van der Waals surface area (Å²) in [6.45, 7) is 8.42. The first kappa shape index (κ1) is 41.7. The fourth-order valence-electron chi connectivity index (χ4n) is 7.50. The maximum atomic E-state index is 14.5. The summed E-state index contributed by atoms with van der Waals surface area (Å²) in [6.07, 6.45) is -0.975. The Hall–Kier alpha value is -5.41. The van der Waals surface area contributed by atoms with Crippen LogP contribution in [0, 0.1) is 24.5 Å². The van der Waals surface area contributed by atoms with Gasteiger partial charge in [0.15, 0.2) is 0 Å². The van der Waals surface area contributed by atoms with Crippen molar-refractivity contribution in [3.05, 3.63) is 70.8 Å². The molecule has 0 bridgehead atoms. The van der Waals surface area contributed by atoms with Crippen molar-refractivity contribution in [1.29, 1.82) is 0 Å². The number of esters is 1. The number of nitrogens with zero attached hydrogens (tertiary/aromatic N) is 3. The summed E-state index contributed by atoms with van der Waals surface area (Å²) < 4.78 is 34.4. The number of cyclic esters (lactones) is 1. The molecule has 56 heavy (non-hydrogen) atoms. The number of carbonyl (C=O) groups is 7. The Labute approximate surface area is 324 Å². The van der Waals surface area contributed by atoms with Gasteiger partial charge in [0.1, 0.15) is 54.0 Å². The van der Waals surface area contributed by atoms with Crippen LogP contribution in [-0.4, -0.2) is 119 Å². The highest BCUT2D eigenvalue weighted by molar-refractivity contribution is 5.97. The summed E-state index contributed by atoms with van der Waals surface area (Å²) in [5, 5.41) is 7.91. The van der Waals surface area contributed by atoms with Crippen molar-refractivity contribution in [1.82, 2.24) is 30.7 Å². The highest BCUT2D eigenvalue weighted by Gasteiger charge is 2.46. The van der Waals surface area contributed by atoms with Crippen LogP contribution in [0.2, 0.25) is 0 Å². The van der Waals surface area contributed by atoms with Crippen molar-refractivity contribution in [3.8, 4) is 0 Å². The second kappa shape index (κ2) is 17.6. The highest BCUT2D eigenvalue weighted by Crippen LogP contribution is 2.27. The second-order valence-electron chi connectivity index (χ2n) is 15.3. The van der Waals surface area contributed by atoms with Crippen LogP contribution in [0.15, 0.2) is 42.5 Å². The number of ether oxygens (including phenoxy) is 1. The number of carbonyl (C=O) groups excluding carboxylic acids is 7. The zero-order chi connectivity index (χ0) is 41.0. The molecule has 14 nitrogen and oxygen atoms in total. The molecular weight excluding hydrogens is 730 g/mol. The molecule has 0 saturated carbocycles. The third kappa shape index (κ3) is 9.69. The molecule has 3 saturated heterocycles. The van der Waals surface area contributed by atoms with Crippen molar-refractivity contribution in [2.75, 3.05) is 20.1 Å². The molecule has 2 aromatic rings. The predicted molar refractivity (Wildman–Crippen MR) is 198 cm³/mol. The molecule has 0 spiro atoms. The van der Waals surface area contributed by atoms with E-state index in [4.69, 9.17) is 4.74 Å². The molecule has 0 radical (unpaired) electrons. The summed E-state index contributed by atoms with van der Waals surface area (Å²) in [6, 6.07) is 2.60. The number of hydrogen-bond acceptors (Lipinski definition) is 8. The summed E-state index contributed by atoms with van der Waals surface area (Å²) in [5.74, 6) is -6.73. The smallest absolute Gasteiger partial charge is 0.329 e. The molecule has 5 rings (SSSR count). The number of halogens is 2.